The molecule has 0 spiro atoms. The van der Waals surface area contributed by atoms with Crippen molar-refractivity contribution >= 4 is 11.9 Å². The lowest BCUT2D eigenvalue weighted by atomic mass is 9.86. The fourth-order valence-electron chi connectivity index (χ4n) is 3.04. The van der Waals surface area contributed by atoms with E-state index < -0.39 is 18.2 Å². The van der Waals surface area contributed by atoms with Crippen molar-refractivity contribution in [2.24, 2.45) is 5.92 Å². The average molecular weight is 269 g/mol. The van der Waals surface area contributed by atoms with E-state index in [1.165, 1.54) is 0 Å². The lowest BCUT2D eigenvalue weighted by Gasteiger charge is -2.34. The summed E-state index contributed by atoms with van der Waals surface area (Å²) < 4.78 is 5.33. The van der Waals surface area contributed by atoms with Gasteiger partial charge in [0.05, 0.1) is 0 Å². The van der Waals surface area contributed by atoms with Gasteiger partial charge < -0.3 is 14.7 Å². The minimum absolute atomic E-state index is 0.0525. The number of hydrogen-bond donors (Lipinski definition) is 1. The Hall–Kier alpha value is -1.10. The van der Waals surface area contributed by atoms with Gasteiger partial charge in [0.25, 0.3) is 5.91 Å². The van der Waals surface area contributed by atoms with Gasteiger partial charge in [0.15, 0.2) is 6.10 Å². The van der Waals surface area contributed by atoms with Crippen LogP contribution in [0.25, 0.3) is 0 Å². The molecule has 0 aromatic heterocycles. The Balaban J connectivity index is 1.87. The van der Waals surface area contributed by atoms with Crippen molar-refractivity contribution in [3.63, 3.8) is 0 Å². The van der Waals surface area contributed by atoms with Crippen LogP contribution >= 0.6 is 0 Å². The number of nitrogens with zero attached hydrogens (tertiary/aromatic N) is 1. The smallest absolute Gasteiger partial charge is 0.332 e. The molecule has 2 rings (SSSR count). The molecule has 1 aliphatic carbocycles. The zero-order valence-corrected chi connectivity index (χ0v) is 11.7. The highest BCUT2D eigenvalue weighted by molar-refractivity contribution is 5.82. The number of carbonyl (C=O) groups is 2. The molecule has 2 unspecified atom stereocenters. The molecule has 1 saturated carbocycles. The molecule has 2 atom stereocenters. The monoisotopic (exact) mass is 269 g/mol. The molecule has 0 radical (unpaired) electrons. The molecule has 5 heteroatoms. The Morgan fingerprint density at radius 1 is 1.05 bits per heavy atom. The summed E-state index contributed by atoms with van der Waals surface area (Å²) >= 11 is 0. The van der Waals surface area contributed by atoms with Gasteiger partial charge >= 0.3 is 5.97 Å². The van der Waals surface area contributed by atoms with E-state index in [0.717, 1.165) is 31.6 Å². The Labute approximate surface area is 113 Å². The molecular formula is C14H23NO4. The maximum atomic E-state index is 12.3. The van der Waals surface area contributed by atoms with Crippen LogP contribution in [0.1, 0.15) is 45.4 Å². The van der Waals surface area contributed by atoms with Gasteiger partial charge in [-0.05, 0) is 44.4 Å². The van der Waals surface area contributed by atoms with Crippen LogP contribution in [0.15, 0.2) is 0 Å². The molecule has 1 aliphatic heterocycles. The van der Waals surface area contributed by atoms with Crippen molar-refractivity contribution < 1.29 is 19.4 Å². The minimum atomic E-state index is -0.968. The normalized spacial score (nSPS) is 35.1. The molecule has 0 aromatic carbocycles. The summed E-state index contributed by atoms with van der Waals surface area (Å²) in [5.74, 6) is -0.272. The largest absolute Gasteiger partial charge is 0.479 e. The minimum Gasteiger partial charge on any atom is -0.479 e. The van der Waals surface area contributed by atoms with Crippen molar-refractivity contribution in [2.45, 2.75) is 63.7 Å². The second kappa shape index (κ2) is 5.90. The van der Waals surface area contributed by atoms with Crippen molar-refractivity contribution in [1.82, 2.24) is 4.90 Å². The van der Waals surface area contributed by atoms with Crippen LogP contribution in [0.3, 0.4) is 0 Å². The number of rotatable bonds is 3. The highest BCUT2D eigenvalue weighted by atomic mass is 16.5. The summed E-state index contributed by atoms with van der Waals surface area (Å²) in [5, 5.41) is 8.88. The van der Waals surface area contributed by atoms with Gasteiger partial charge in [-0.2, -0.15) is 0 Å². The summed E-state index contributed by atoms with van der Waals surface area (Å²) in [6, 6.07) is 0.288. The molecule has 1 saturated heterocycles. The van der Waals surface area contributed by atoms with Gasteiger partial charge in [0.1, 0.15) is 6.10 Å². The lowest BCUT2D eigenvalue weighted by molar-refractivity contribution is -0.155. The maximum absolute atomic E-state index is 12.3. The number of hydrogen-bond acceptors (Lipinski definition) is 3. The van der Waals surface area contributed by atoms with E-state index in [1.807, 2.05) is 7.05 Å². The van der Waals surface area contributed by atoms with E-state index in [2.05, 4.69) is 6.92 Å². The number of amides is 1. The van der Waals surface area contributed by atoms with Gasteiger partial charge in [0, 0.05) is 13.1 Å². The van der Waals surface area contributed by atoms with E-state index in [0.29, 0.717) is 12.8 Å². The van der Waals surface area contributed by atoms with E-state index >= 15 is 0 Å². The molecule has 1 amide bonds. The van der Waals surface area contributed by atoms with Crippen LogP contribution in [0.5, 0.6) is 0 Å². The van der Waals surface area contributed by atoms with E-state index in [-0.39, 0.29) is 11.9 Å². The molecule has 19 heavy (non-hydrogen) atoms. The second-order valence-electron chi connectivity index (χ2n) is 5.89. The van der Waals surface area contributed by atoms with Crippen LogP contribution in [0.2, 0.25) is 0 Å². The van der Waals surface area contributed by atoms with E-state index in [4.69, 9.17) is 9.84 Å². The van der Waals surface area contributed by atoms with Crippen molar-refractivity contribution in [2.75, 3.05) is 7.05 Å². The summed E-state index contributed by atoms with van der Waals surface area (Å²) in [4.78, 5) is 24.9. The Kier molecular flexibility index (Phi) is 4.45. The summed E-state index contributed by atoms with van der Waals surface area (Å²) in [6.45, 7) is 2.25. The first-order chi connectivity index (χ1) is 8.99. The lowest BCUT2D eigenvalue weighted by Crippen LogP contribution is -2.44. The van der Waals surface area contributed by atoms with Crippen LogP contribution in [0.4, 0.5) is 0 Å². The number of carboxylic acids is 1. The number of aliphatic carboxylic acids is 1. The van der Waals surface area contributed by atoms with Crippen LogP contribution in [-0.4, -0.2) is 47.2 Å². The van der Waals surface area contributed by atoms with E-state index in [9.17, 15) is 9.59 Å². The Morgan fingerprint density at radius 2 is 1.63 bits per heavy atom. The number of carbonyl (C=O) groups excluding carboxylic acids is 1. The molecule has 0 aromatic rings. The summed E-state index contributed by atoms with van der Waals surface area (Å²) in [7, 11) is 1.82. The first-order valence-electron chi connectivity index (χ1n) is 7.14. The SMILES string of the molecule is CC1CCC(N(C)C(=O)C2CCC(C(=O)O)O2)CC1. The molecule has 1 N–H and O–H groups in total. The first-order valence-corrected chi connectivity index (χ1v) is 7.14. The number of ether oxygens (including phenoxy) is 1. The zero-order valence-electron chi connectivity index (χ0n) is 11.7. The molecule has 2 aliphatic rings. The van der Waals surface area contributed by atoms with Gasteiger partial charge in [-0.15, -0.1) is 0 Å². The second-order valence-corrected chi connectivity index (χ2v) is 5.89. The third-order valence-corrected chi connectivity index (χ3v) is 4.45. The third-order valence-electron chi connectivity index (χ3n) is 4.45. The van der Waals surface area contributed by atoms with Gasteiger partial charge in [-0.25, -0.2) is 4.79 Å². The zero-order chi connectivity index (χ0) is 14.0. The highest BCUT2D eigenvalue weighted by Gasteiger charge is 2.37. The van der Waals surface area contributed by atoms with E-state index in [1.54, 1.807) is 4.90 Å². The predicted molar refractivity (Wildman–Crippen MR) is 69.7 cm³/mol. The maximum Gasteiger partial charge on any atom is 0.332 e. The average Bonchev–Trinajstić information content (AvgIpc) is 2.87. The molecule has 5 nitrogen and oxygen atoms in total. The van der Waals surface area contributed by atoms with Crippen molar-refractivity contribution in [3.05, 3.63) is 0 Å². The van der Waals surface area contributed by atoms with Gasteiger partial charge in [0.2, 0.25) is 0 Å². The van der Waals surface area contributed by atoms with Crippen molar-refractivity contribution in [1.29, 1.82) is 0 Å². The fourth-order valence-corrected chi connectivity index (χ4v) is 3.04. The highest BCUT2D eigenvalue weighted by Crippen LogP contribution is 2.28. The summed E-state index contributed by atoms with van der Waals surface area (Å²) in [6.07, 6.45) is 3.97. The predicted octanol–water partition coefficient (Wildman–Crippen LogP) is 1.66. The standard InChI is InChI=1S/C14H23NO4/c1-9-3-5-10(6-4-9)15(2)13(16)11-7-8-12(19-11)14(17)18/h9-12H,3-8H2,1-2H3,(H,17,18). The van der Waals surface area contributed by atoms with Crippen LogP contribution < -0.4 is 0 Å². The molecule has 108 valence electrons. The summed E-state index contributed by atoms with van der Waals surface area (Å²) in [5.41, 5.74) is 0. The molecule has 2 fully saturated rings. The van der Waals surface area contributed by atoms with Crippen molar-refractivity contribution in [3.8, 4) is 0 Å². The Bertz CT molecular complexity index is 349. The van der Waals surface area contributed by atoms with Crippen LogP contribution in [0, 0.1) is 5.92 Å². The Morgan fingerprint density at radius 3 is 2.16 bits per heavy atom. The fraction of sp³-hybridized carbons (Fsp3) is 0.857. The topological polar surface area (TPSA) is 66.8 Å². The molecule has 0 bridgehead atoms. The quantitative estimate of drug-likeness (QED) is 0.846. The van der Waals surface area contributed by atoms with Gasteiger partial charge in [-0.3, -0.25) is 4.79 Å². The molecule has 1 heterocycles. The first kappa shape index (κ1) is 14.3. The number of carboxylic acid groups (broad SMARTS) is 1. The number of likely N-dealkylation sites (N-methyl/N-ethyl adjacent to an activating group) is 1. The van der Waals surface area contributed by atoms with Crippen LogP contribution in [-0.2, 0) is 14.3 Å². The molecular weight excluding hydrogens is 246 g/mol. The van der Waals surface area contributed by atoms with Gasteiger partial charge in [-0.1, -0.05) is 6.92 Å². The third kappa shape index (κ3) is 3.26.